The SMILES string of the molecule is COC(=O)c1cc2c(cc1C(=O)OC)CCc1cc(C(=O)OC)c(C(=O)OC)cc1CCc1cc(C(=O)OC)c(C(=O)OC)cc1CCc1cc(C(=O)OC)c(C(=O)OC)cc1CC2. The van der Waals surface area contributed by atoms with Crippen LogP contribution in [-0.2, 0) is 89.3 Å². The maximum atomic E-state index is 13.2. The summed E-state index contributed by atoms with van der Waals surface area (Å²) >= 11 is 0. The molecule has 336 valence electrons. The number of hydrogen-bond acceptors (Lipinski definition) is 16. The van der Waals surface area contributed by atoms with E-state index in [9.17, 15) is 38.4 Å². The number of rotatable bonds is 8. The van der Waals surface area contributed by atoms with Gasteiger partial charge in [-0.05, 0) is 144 Å². The highest BCUT2D eigenvalue weighted by Gasteiger charge is 2.28. The van der Waals surface area contributed by atoms with Crippen LogP contribution in [0.25, 0.3) is 0 Å². The average Bonchev–Trinajstić information content (AvgIpc) is 3.33. The molecule has 4 aromatic carbocycles. The molecule has 1 aliphatic rings. The molecule has 0 aromatic heterocycles. The van der Waals surface area contributed by atoms with Gasteiger partial charge < -0.3 is 37.9 Å². The molecule has 0 N–H and O–H groups in total. The van der Waals surface area contributed by atoms with E-state index in [0.717, 1.165) is 0 Å². The van der Waals surface area contributed by atoms with Crippen LogP contribution in [-0.4, -0.2) is 105 Å². The third kappa shape index (κ3) is 10.1. The van der Waals surface area contributed by atoms with Gasteiger partial charge in [0.1, 0.15) is 0 Å². The molecule has 0 amide bonds. The van der Waals surface area contributed by atoms with Gasteiger partial charge in [-0.1, -0.05) is 0 Å². The maximum Gasteiger partial charge on any atom is 0.338 e. The topological polar surface area (TPSA) is 210 Å². The fourth-order valence-corrected chi connectivity index (χ4v) is 7.93. The Bertz CT molecular complexity index is 2030. The summed E-state index contributed by atoms with van der Waals surface area (Å²) in [5, 5.41) is 0. The van der Waals surface area contributed by atoms with Gasteiger partial charge in [0.15, 0.2) is 0 Å². The lowest BCUT2D eigenvalue weighted by atomic mass is 9.85. The van der Waals surface area contributed by atoms with Crippen molar-refractivity contribution >= 4 is 47.8 Å². The van der Waals surface area contributed by atoms with Gasteiger partial charge in [-0.2, -0.15) is 0 Å². The fraction of sp³-hybridized carbons (Fsp3) is 0.333. The van der Waals surface area contributed by atoms with Crippen molar-refractivity contribution in [3.8, 4) is 0 Å². The van der Waals surface area contributed by atoms with Crippen molar-refractivity contribution in [2.75, 3.05) is 56.9 Å². The number of ether oxygens (including phenoxy) is 8. The van der Waals surface area contributed by atoms with Crippen LogP contribution >= 0.6 is 0 Å². The van der Waals surface area contributed by atoms with Crippen LogP contribution in [0.15, 0.2) is 48.5 Å². The average molecular weight is 881 g/mol. The summed E-state index contributed by atoms with van der Waals surface area (Å²) in [4.78, 5) is 105. The van der Waals surface area contributed by atoms with E-state index in [0.29, 0.717) is 44.5 Å². The standard InChI is InChI=1S/C48H48O16/c1-57-41(49)33-17-25-9-10-27-19-35(43(51)59-3)37(45(53)61-5)21-29(27)13-14-31-23-39(47(55)63-7)40(48(56)64-8)24-32(31)16-15-30-22-38(46(54)62-6)36(44(52)60-4)20-28(30)12-11-26(25)18-34(33)42(50)58-2/h17-24H,9-16H2,1-8H3. The summed E-state index contributed by atoms with van der Waals surface area (Å²) < 4.78 is 40.4. The predicted molar refractivity (Wildman–Crippen MR) is 226 cm³/mol. The molecule has 16 heteroatoms. The van der Waals surface area contributed by atoms with Crippen molar-refractivity contribution in [2.45, 2.75) is 51.4 Å². The lowest BCUT2D eigenvalue weighted by Crippen LogP contribution is -2.17. The summed E-state index contributed by atoms with van der Waals surface area (Å²) in [5.74, 6) is -6.26. The van der Waals surface area contributed by atoms with E-state index in [2.05, 4.69) is 0 Å². The van der Waals surface area contributed by atoms with Gasteiger partial charge in [-0.3, -0.25) is 0 Å². The van der Waals surface area contributed by atoms with E-state index in [4.69, 9.17) is 37.9 Å². The maximum absolute atomic E-state index is 13.2. The number of benzene rings is 4. The van der Waals surface area contributed by atoms with Gasteiger partial charge in [-0.25, -0.2) is 38.4 Å². The summed E-state index contributed by atoms with van der Waals surface area (Å²) in [6.45, 7) is 0. The zero-order valence-corrected chi connectivity index (χ0v) is 36.8. The zero-order chi connectivity index (χ0) is 46.8. The third-order valence-electron chi connectivity index (χ3n) is 11.3. The number of esters is 8. The van der Waals surface area contributed by atoms with Crippen molar-refractivity contribution in [1.29, 1.82) is 0 Å². The summed E-state index contributed by atoms with van der Waals surface area (Å²) in [5.41, 5.74) is 4.72. The summed E-state index contributed by atoms with van der Waals surface area (Å²) in [6.07, 6.45) is 1.88. The Kier molecular flexibility index (Phi) is 15.8. The molecule has 0 unspecified atom stereocenters. The van der Waals surface area contributed by atoms with E-state index in [-0.39, 0.29) is 95.9 Å². The molecule has 0 spiro atoms. The van der Waals surface area contributed by atoms with Crippen LogP contribution in [0.2, 0.25) is 0 Å². The molecule has 0 radical (unpaired) electrons. The van der Waals surface area contributed by atoms with Gasteiger partial charge in [-0.15, -0.1) is 0 Å². The largest absolute Gasteiger partial charge is 0.465 e. The number of carbonyl (C=O) groups is 8. The third-order valence-corrected chi connectivity index (χ3v) is 11.3. The van der Waals surface area contributed by atoms with E-state index in [1.54, 1.807) is 48.5 Å². The van der Waals surface area contributed by atoms with Crippen molar-refractivity contribution < 1.29 is 76.3 Å². The molecule has 0 heterocycles. The molecule has 0 atom stereocenters. The molecule has 5 rings (SSSR count). The van der Waals surface area contributed by atoms with Crippen LogP contribution in [0.3, 0.4) is 0 Å². The molecular weight excluding hydrogens is 833 g/mol. The Balaban J connectivity index is 1.84. The Hall–Kier alpha value is -7.36. The highest BCUT2D eigenvalue weighted by atomic mass is 16.5. The molecule has 0 saturated heterocycles. The number of carbonyl (C=O) groups excluding carboxylic acids is 8. The molecule has 0 aliphatic heterocycles. The van der Waals surface area contributed by atoms with Crippen LogP contribution in [0, 0.1) is 0 Å². The Morgan fingerprint density at radius 2 is 0.328 bits per heavy atom. The second kappa shape index (κ2) is 21.1. The quantitative estimate of drug-likeness (QED) is 0.159. The Morgan fingerprint density at radius 1 is 0.234 bits per heavy atom. The smallest absolute Gasteiger partial charge is 0.338 e. The predicted octanol–water partition coefficient (Wildman–Crippen LogP) is 5.43. The van der Waals surface area contributed by atoms with E-state index < -0.39 is 47.8 Å². The molecule has 64 heavy (non-hydrogen) atoms. The molecular formula is C48H48O16. The normalized spacial score (nSPS) is 12.4. The van der Waals surface area contributed by atoms with E-state index in [1.807, 2.05) is 0 Å². The molecule has 0 saturated carbocycles. The van der Waals surface area contributed by atoms with Crippen molar-refractivity contribution in [1.82, 2.24) is 0 Å². The molecule has 16 nitrogen and oxygen atoms in total. The fourth-order valence-electron chi connectivity index (χ4n) is 7.93. The number of aryl methyl sites for hydroxylation is 8. The minimum absolute atomic E-state index is 0.0422. The van der Waals surface area contributed by atoms with Crippen LogP contribution < -0.4 is 0 Å². The minimum atomic E-state index is -0.782. The second-order valence-electron chi connectivity index (χ2n) is 14.6. The molecule has 4 aromatic rings. The van der Waals surface area contributed by atoms with Gasteiger partial charge >= 0.3 is 47.8 Å². The van der Waals surface area contributed by atoms with Crippen LogP contribution in [0.4, 0.5) is 0 Å². The number of fused-ring (bicyclic) bond motifs is 4. The first-order valence-electron chi connectivity index (χ1n) is 20.0. The summed E-state index contributed by atoms with van der Waals surface area (Å²) in [7, 11) is 9.49. The van der Waals surface area contributed by atoms with E-state index >= 15 is 0 Å². The number of hydrogen-bond donors (Lipinski definition) is 0. The lowest BCUT2D eigenvalue weighted by molar-refractivity contribution is 0.0555. The van der Waals surface area contributed by atoms with Gasteiger partial charge in [0.25, 0.3) is 0 Å². The van der Waals surface area contributed by atoms with Crippen LogP contribution in [0.1, 0.15) is 127 Å². The first-order valence-corrected chi connectivity index (χ1v) is 20.0. The van der Waals surface area contributed by atoms with Gasteiger partial charge in [0.05, 0.1) is 101 Å². The second-order valence-corrected chi connectivity index (χ2v) is 14.6. The first-order chi connectivity index (χ1) is 30.7. The molecule has 0 fully saturated rings. The number of methoxy groups -OCH3 is 8. The minimum Gasteiger partial charge on any atom is -0.465 e. The monoisotopic (exact) mass is 880 g/mol. The van der Waals surface area contributed by atoms with Gasteiger partial charge in [0, 0.05) is 0 Å². The zero-order valence-electron chi connectivity index (χ0n) is 36.8. The van der Waals surface area contributed by atoms with Crippen molar-refractivity contribution in [2.24, 2.45) is 0 Å². The van der Waals surface area contributed by atoms with Crippen LogP contribution in [0.5, 0.6) is 0 Å². The van der Waals surface area contributed by atoms with Gasteiger partial charge in [0.2, 0.25) is 0 Å². The van der Waals surface area contributed by atoms with E-state index in [1.165, 1.54) is 56.9 Å². The highest BCUT2D eigenvalue weighted by Crippen LogP contribution is 2.31. The molecule has 0 bridgehead atoms. The lowest BCUT2D eigenvalue weighted by Gasteiger charge is -2.20. The Labute approximate surface area is 369 Å². The Morgan fingerprint density at radius 3 is 0.406 bits per heavy atom. The summed E-state index contributed by atoms with van der Waals surface area (Å²) in [6, 6.07) is 12.5. The van der Waals surface area contributed by atoms with Crippen molar-refractivity contribution in [3.63, 3.8) is 0 Å². The van der Waals surface area contributed by atoms with Crippen molar-refractivity contribution in [3.05, 3.63) is 138 Å². The highest BCUT2D eigenvalue weighted by molar-refractivity contribution is 6.06. The molecule has 1 aliphatic carbocycles. The first kappa shape index (κ1) is 47.7.